The second kappa shape index (κ2) is 10.2. The first kappa shape index (κ1) is 19.4. The Bertz CT molecular complexity index is 281. The van der Waals surface area contributed by atoms with E-state index in [1.54, 1.807) is 0 Å². The van der Waals surface area contributed by atoms with Crippen LogP contribution < -0.4 is 0 Å². The molecule has 0 fully saturated rings. The van der Waals surface area contributed by atoms with Gasteiger partial charge in [0.25, 0.3) is 0 Å². The van der Waals surface area contributed by atoms with Crippen molar-refractivity contribution >= 4 is 30.9 Å². The number of hydrogen-bond acceptors (Lipinski definition) is 1. The molecule has 0 aromatic heterocycles. The molecule has 1 nitrogen and oxygen atoms in total. The molecule has 0 aliphatic rings. The van der Waals surface area contributed by atoms with Crippen LogP contribution in [-0.2, 0) is 4.43 Å². The SMILES string of the molecule is CC=CC(CC=CI)(CCCCCC)O[Si](C)(C)C. The van der Waals surface area contributed by atoms with E-state index in [-0.39, 0.29) is 5.60 Å². The highest BCUT2D eigenvalue weighted by Gasteiger charge is 2.32. The predicted octanol–water partition coefficient (Wildman–Crippen LogP) is 6.46. The summed E-state index contributed by atoms with van der Waals surface area (Å²) in [7, 11) is -1.54. The summed E-state index contributed by atoms with van der Waals surface area (Å²) in [5.41, 5.74) is -0.0748. The Morgan fingerprint density at radius 3 is 2.32 bits per heavy atom. The molecule has 0 saturated carbocycles. The Kier molecular flexibility index (Phi) is 10.4. The van der Waals surface area contributed by atoms with Gasteiger partial charge in [-0.1, -0.05) is 73.4 Å². The van der Waals surface area contributed by atoms with Crippen LogP contribution in [0.4, 0.5) is 0 Å². The van der Waals surface area contributed by atoms with Crippen LogP contribution in [0.5, 0.6) is 0 Å². The molecule has 0 saturated heterocycles. The first-order valence-corrected chi connectivity index (χ1v) is 12.1. The van der Waals surface area contributed by atoms with E-state index in [9.17, 15) is 0 Å². The van der Waals surface area contributed by atoms with E-state index in [1.807, 2.05) is 0 Å². The molecule has 19 heavy (non-hydrogen) atoms. The molecular formula is C16H31IOSi. The van der Waals surface area contributed by atoms with Crippen LogP contribution in [-0.4, -0.2) is 13.9 Å². The topological polar surface area (TPSA) is 9.23 Å². The molecule has 0 bridgehead atoms. The minimum atomic E-state index is -1.54. The minimum absolute atomic E-state index is 0.0748. The maximum atomic E-state index is 6.55. The van der Waals surface area contributed by atoms with Crippen molar-refractivity contribution in [2.24, 2.45) is 0 Å². The summed E-state index contributed by atoms with van der Waals surface area (Å²) in [5, 5.41) is 0. The smallest absolute Gasteiger partial charge is 0.184 e. The van der Waals surface area contributed by atoms with Crippen LogP contribution in [0.3, 0.4) is 0 Å². The molecular weight excluding hydrogens is 363 g/mol. The van der Waals surface area contributed by atoms with Gasteiger partial charge >= 0.3 is 0 Å². The predicted molar refractivity (Wildman–Crippen MR) is 98.5 cm³/mol. The van der Waals surface area contributed by atoms with Crippen LogP contribution in [0.2, 0.25) is 19.6 Å². The molecule has 1 atom stereocenters. The largest absolute Gasteiger partial charge is 0.408 e. The standard InChI is InChI=1S/C16H31IOSi/c1-6-8-9-10-13-16(12-7-2,14-11-15-17)18-19(3,4)5/h7,11-12,15H,6,8-10,13-14H2,1-5H3. The Balaban J connectivity index is 4.81. The normalized spacial score (nSPS) is 16.3. The van der Waals surface area contributed by atoms with Crippen LogP contribution in [0.15, 0.2) is 22.3 Å². The van der Waals surface area contributed by atoms with E-state index in [4.69, 9.17) is 4.43 Å². The van der Waals surface area contributed by atoms with Crippen molar-refractivity contribution in [3.8, 4) is 0 Å². The highest BCUT2D eigenvalue weighted by molar-refractivity contribution is 14.1. The Morgan fingerprint density at radius 1 is 1.16 bits per heavy atom. The number of hydrogen-bond donors (Lipinski definition) is 0. The molecule has 0 aromatic rings. The van der Waals surface area contributed by atoms with Crippen molar-refractivity contribution in [3.63, 3.8) is 0 Å². The molecule has 0 amide bonds. The first-order valence-electron chi connectivity index (χ1n) is 7.48. The number of rotatable bonds is 10. The molecule has 0 spiro atoms. The van der Waals surface area contributed by atoms with E-state index in [1.165, 1.54) is 25.7 Å². The average Bonchev–Trinajstić information content (AvgIpc) is 2.30. The zero-order chi connectivity index (χ0) is 14.8. The highest BCUT2D eigenvalue weighted by Crippen LogP contribution is 2.30. The third-order valence-corrected chi connectivity index (χ3v) is 4.51. The van der Waals surface area contributed by atoms with Gasteiger partial charge in [0.15, 0.2) is 8.32 Å². The van der Waals surface area contributed by atoms with Gasteiger partial charge in [-0.15, -0.1) is 0 Å². The van der Waals surface area contributed by atoms with Crippen molar-refractivity contribution in [1.29, 1.82) is 0 Å². The highest BCUT2D eigenvalue weighted by atomic mass is 127. The van der Waals surface area contributed by atoms with E-state index in [0.29, 0.717) is 0 Å². The quantitative estimate of drug-likeness (QED) is 0.179. The number of halogens is 1. The minimum Gasteiger partial charge on any atom is -0.408 e. The van der Waals surface area contributed by atoms with Gasteiger partial charge in [-0.2, -0.15) is 0 Å². The lowest BCUT2D eigenvalue weighted by molar-refractivity contribution is 0.101. The lowest BCUT2D eigenvalue weighted by Gasteiger charge is -2.37. The summed E-state index contributed by atoms with van der Waals surface area (Å²) in [4.78, 5) is 0. The fourth-order valence-corrected chi connectivity index (χ4v) is 4.12. The third kappa shape index (κ3) is 9.85. The van der Waals surface area contributed by atoms with Crippen LogP contribution in [0, 0.1) is 0 Å². The van der Waals surface area contributed by atoms with Crippen molar-refractivity contribution < 1.29 is 4.43 Å². The molecule has 0 aliphatic carbocycles. The molecule has 0 heterocycles. The van der Waals surface area contributed by atoms with Crippen molar-refractivity contribution in [2.45, 2.75) is 77.6 Å². The fraction of sp³-hybridized carbons (Fsp3) is 0.750. The summed E-state index contributed by atoms with van der Waals surface area (Å²) >= 11 is 2.30. The molecule has 3 heteroatoms. The van der Waals surface area contributed by atoms with Gasteiger partial charge < -0.3 is 4.43 Å². The Labute approximate surface area is 135 Å². The second-order valence-corrected chi connectivity index (χ2v) is 11.3. The molecule has 1 unspecified atom stereocenters. The molecule has 0 N–H and O–H groups in total. The van der Waals surface area contributed by atoms with Crippen molar-refractivity contribution in [1.82, 2.24) is 0 Å². The van der Waals surface area contributed by atoms with Crippen molar-refractivity contribution in [3.05, 3.63) is 22.3 Å². The summed E-state index contributed by atoms with van der Waals surface area (Å²) in [6, 6.07) is 0. The molecule has 0 rings (SSSR count). The summed E-state index contributed by atoms with van der Waals surface area (Å²) in [6.07, 6.45) is 14.0. The summed E-state index contributed by atoms with van der Waals surface area (Å²) < 4.78 is 8.65. The van der Waals surface area contributed by atoms with Crippen LogP contribution in [0.25, 0.3) is 0 Å². The average molecular weight is 394 g/mol. The second-order valence-electron chi connectivity index (χ2n) is 6.16. The van der Waals surface area contributed by atoms with E-state index in [2.05, 4.69) is 78.4 Å². The van der Waals surface area contributed by atoms with Gasteiger partial charge in [0, 0.05) is 0 Å². The van der Waals surface area contributed by atoms with Gasteiger partial charge in [-0.05, 0) is 43.5 Å². The van der Waals surface area contributed by atoms with E-state index in [0.717, 1.165) is 12.8 Å². The van der Waals surface area contributed by atoms with Gasteiger partial charge in [-0.3, -0.25) is 0 Å². The summed E-state index contributed by atoms with van der Waals surface area (Å²) in [6.45, 7) is 11.2. The van der Waals surface area contributed by atoms with Gasteiger partial charge in [0.2, 0.25) is 0 Å². The Hall–Kier alpha value is 0.387. The Morgan fingerprint density at radius 2 is 1.84 bits per heavy atom. The lowest BCUT2D eigenvalue weighted by Crippen LogP contribution is -2.41. The lowest BCUT2D eigenvalue weighted by atomic mass is 9.92. The van der Waals surface area contributed by atoms with Crippen molar-refractivity contribution in [2.75, 3.05) is 0 Å². The maximum Gasteiger partial charge on any atom is 0.184 e. The molecule has 0 aliphatic heterocycles. The fourth-order valence-electron chi connectivity index (χ4n) is 2.39. The van der Waals surface area contributed by atoms with E-state index < -0.39 is 8.32 Å². The van der Waals surface area contributed by atoms with E-state index >= 15 is 0 Å². The molecule has 0 radical (unpaired) electrons. The maximum absolute atomic E-state index is 6.55. The molecule has 112 valence electrons. The number of unbranched alkanes of at least 4 members (excludes halogenated alkanes) is 3. The summed E-state index contributed by atoms with van der Waals surface area (Å²) in [5.74, 6) is 0. The molecule has 0 aromatic carbocycles. The zero-order valence-electron chi connectivity index (χ0n) is 13.3. The number of allylic oxidation sites excluding steroid dienone is 1. The first-order chi connectivity index (χ1) is 8.89. The van der Waals surface area contributed by atoms with Crippen LogP contribution >= 0.6 is 22.6 Å². The monoisotopic (exact) mass is 394 g/mol. The van der Waals surface area contributed by atoms with Crippen LogP contribution in [0.1, 0.15) is 52.4 Å². The van der Waals surface area contributed by atoms with Gasteiger partial charge in [-0.25, -0.2) is 0 Å². The third-order valence-electron chi connectivity index (χ3n) is 2.99. The van der Waals surface area contributed by atoms with Gasteiger partial charge in [0.05, 0.1) is 5.60 Å². The zero-order valence-corrected chi connectivity index (χ0v) is 16.5. The van der Waals surface area contributed by atoms with Gasteiger partial charge in [0.1, 0.15) is 0 Å².